The van der Waals surface area contributed by atoms with Gasteiger partial charge < -0.3 is 9.84 Å². The SMILES string of the molecule is CCN1CCOC(O)(c2ccccc2)C1C.Cl. The van der Waals surface area contributed by atoms with Gasteiger partial charge >= 0.3 is 0 Å². The summed E-state index contributed by atoms with van der Waals surface area (Å²) in [6, 6.07) is 9.60. The minimum atomic E-state index is -1.17. The molecule has 1 aromatic rings. The summed E-state index contributed by atoms with van der Waals surface area (Å²) >= 11 is 0. The number of hydrogen-bond acceptors (Lipinski definition) is 3. The molecule has 0 spiro atoms. The number of aliphatic hydroxyl groups is 1. The molecule has 1 aromatic carbocycles. The number of rotatable bonds is 2. The highest BCUT2D eigenvalue weighted by molar-refractivity contribution is 5.85. The van der Waals surface area contributed by atoms with Crippen molar-refractivity contribution in [2.45, 2.75) is 25.7 Å². The first kappa shape index (κ1) is 14.5. The number of halogens is 1. The Balaban J connectivity index is 0.00000144. The maximum Gasteiger partial charge on any atom is 0.208 e. The molecule has 1 aliphatic heterocycles. The smallest absolute Gasteiger partial charge is 0.208 e. The van der Waals surface area contributed by atoms with E-state index >= 15 is 0 Å². The van der Waals surface area contributed by atoms with Crippen molar-refractivity contribution in [3.63, 3.8) is 0 Å². The summed E-state index contributed by atoms with van der Waals surface area (Å²) in [5.41, 5.74) is 0.834. The normalized spacial score (nSPS) is 29.7. The van der Waals surface area contributed by atoms with Crippen LogP contribution in [0.4, 0.5) is 0 Å². The molecular formula is C13H20ClNO2. The molecule has 1 saturated heterocycles. The molecule has 4 heteroatoms. The third kappa shape index (κ3) is 2.63. The van der Waals surface area contributed by atoms with E-state index in [0.29, 0.717) is 6.61 Å². The van der Waals surface area contributed by atoms with Gasteiger partial charge in [-0.3, -0.25) is 4.90 Å². The summed E-state index contributed by atoms with van der Waals surface area (Å²) in [6.45, 7) is 6.50. The third-order valence-corrected chi connectivity index (χ3v) is 3.41. The lowest BCUT2D eigenvalue weighted by Gasteiger charge is -2.44. The molecule has 2 atom stereocenters. The molecular weight excluding hydrogens is 238 g/mol. The van der Waals surface area contributed by atoms with Gasteiger partial charge in [0.25, 0.3) is 0 Å². The zero-order valence-corrected chi connectivity index (χ0v) is 11.1. The molecule has 3 nitrogen and oxygen atoms in total. The fourth-order valence-electron chi connectivity index (χ4n) is 2.31. The summed E-state index contributed by atoms with van der Waals surface area (Å²) < 4.78 is 5.61. The Morgan fingerprint density at radius 3 is 2.65 bits per heavy atom. The minimum Gasteiger partial charge on any atom is -0.361 e. The van der Waals surface area contributed by atoms with Crippen LogP contribution in [0, 0.1) is 0 Å². The van der Waals surface area contributed by atoms with Crippen molar-refractivity contribution >= 4 is 12.4 Å². The van der Waals surface area contributed by atoms with Crippen LogP contribution in [0.25, 0.3) is 0 Å². The molecule has 0 saturated carbocycles. The maximum absolute atomic E-state index is 10.6. The molecule has 0 aromatic heterocycles. The Kier molecular flexibility index (Phi) is 4.95. The standard InChI is InChI=1S/C13H19NO2.ClH/c1-3-14-9-10-16-13(15,11(14)2)12-7-5-4-6-8-12;/h4-8,11,15H,3,9-10H2,1-2H3;1H. The summed E-state index contributed by atoms with van der Waals surface area (Å²) in [5.74, 6) is -1.17. The van der Waals surface area contributed by atoms with Gasteiger partial charge in [-0.1, -0.05) is 37.3 Å². The molecule has 0 bridgehead atoms. The van der Waals surface area contributed by atoms with Crippen LogP contribution in [0.1, 0.15) is 19.4 Å². The lowest BCUT2D eigenvalue weighted by Crippen LogP contribution is -2.56. The van der Waals surface area contributed by atoms with Crippen LogP contribution >= 0.6 is 12.4 Å². The Bertz CT molecular complexity index is 347. The number of ether oxygens (including phenoxy) is 1. The van der Waals surface area contributed by atoms with Crippen LogP contribution in [0.5, 0.6) is 0 Å². The van der Waals surface area contributed by atoms with Crippen molar-refractivity contribution in [1.82, 2.24) is 4.90 Å². The Morgan fingerprint density at radius 1 is 1.41 bits per heavy atom. The molecule has 1 fully saturated rings. The first-order chi connectivity index (χ1) is 7.68. The fourth-order valence-corrected chi connectivity index (χ4v) is 2.31. The van der Waals surface area contributed by atoms with E-state index in [4.69, 9.17) is 4.74 Å². The molecule has 1 N–H and O–H groups in total. The van der Waals surface area contributed by atoms with Gasteiger partial charge in [-0.25, -0.2) is 0 Å². The predicted molar refractivity (Wildman–Crippen MR) is 70.2 cm³/mol. The van der Waals surface area contributed by atoms with Crippen LogP contribution in [0.2, 0.25) is 0 Å². The van der Waals surface area contributed by atoms with Gasteiger partial charge in [-0.05, 0) is 13.5 Å². The van der Waals surface area contributed by atoms with E-state index in [1.165, 1.54) is 0 Å². The van der Waals surface area contributed by atoms with Gasteiger partial charge in [0.05, 0.1) is 12.6 Å². The second-order valence-corrected chi connectivity index (χ2v) is 4.22. The number of hydrogen-bond donors (Lipinski definition) is 1. The first-order valence-electron chi connectivity index (χ1n) is 5.84. The Labute approximate surface area is 109 Å². The molecule has 0 amide bonds. The number of nitrogens with zero attached hydrogens (tertiary/aromatic N) is 1. The monoisotopic (exact) mass is 257 g/mol. The average molecular weight is 258 g/mol. The largest absolute Gasteiger partial charge is 0.361 e. The van der Waals surface area contributed by atoms with Crippen molar-refractivity contribution in [3.05, 3.63) is 35.9 Å². The topological polar surface area (TPSA) is 32.7 Å². The molecule has 2 rings (SSSR count). The lowest BCUT2D eigenvalue weighted by atomic mass is 9.96. The minimum absolute atomic E-state index is 0. The van der Waals surface area contributed by atoms with E-state index in [2.05, 4.69) is 11.8 Å². The molecule has 1 aliphatic rings. The van der Waals surface area contributed by atoms with Gasteiger partial charge in [0, 0.05) is 12.1 Å². The second-order valence-electron chi connectivity index (χ2n) is 4.22. The number of benzene rings is 1. The zero-order chi connectivity index (χ0) is 11.6. The highest BCUT2D eigenvalue weighted by atomic mass is 35.5. The third-order valence-electron chi connectivity index (χ3n) is 3.41. The summed E-state index contributed by atoms with van der Waals surface area (Å²) in [7, 11) is 0. The highest BCUT2D eigenvalue weighted by Gasteiger charge is 2.42. The highest BCUT2D eigenvalue weighted by Crippen LogP contribution is 2.32. The van der Waals surface area contributed by atoms with Crippen LogP contribution < -0.4 is 0 Å². The van der Waals surface area contributed by atoms with Gasteiger partial charge in [0.2, 0.25) is 5.79 Å². The molecule has 0 radical (unpaired) electrons. The van der Waals surface area contributed by atoms with Crippen LogP contribution in [0.15, 0.2) is 30.3 Å². The molecule has 2 unspecified atom stereocenters. The van der Waals surface area contributed by atoms with Crippen LogP contribution in [0.3, 0.4) is 0 Å². The van der Waals surface area contributed by atoms with Crippen LogP contribution in [-0.4, -0.2) is 35.7 Å². The van der Waals surface area contributed by atoms with E-state index < -0.39 is 5.79 Å². The van der Waals surface area contributed by atoms with Crippen LogP contribution in [-0.2, 0) is 10.5 Å². The molecule has 0 aliphatic carbocycles. The Morgan fingerprint density at radius 2 is 2.06 bits per heavy atom. The molecule has 96 valence electrons. The van der Waals surface area contributed by atoms with Gasteiger partial charge in [-0.15, -0.1) is 12.4 Å². The number of likely N-dealkylation sites (N-methyl/N-ethyl adjacent to an activating group) is 1. The van der Waals surface area contributed by atoms with Crippen molar-refractivity contribution in [2.24, 2.45) is 0 Å². The zero-order valence-electron chi connectivity index (χ0n) is 10.3. The summed E-state index contributed by atoms with van der Waals surface area (Å²) in [5, 5.41) is 10.6. The van der Waals surface area contributed by atoms with Crippen molar-refractivity contribution in [1.29, 1.82) is 0 Å². The van der Waals surface area contributed by atoms with E-state index in [1.807, 2.05) is 37.3 Å². The van der Waals surface area contributed by atoms with Crippen molar-refractivity contribution in [2.75, 3.05) is 19.7 Å². The summed E-state index contributed by atoms with van der Waals surface area (Å²) in [6.07, 6.45) is 0. The molecule has 17 heavy (non-hydrogen) atoms. The second kappa shape index (κ2) is 5.83. The fraction of sp³-hybridized carbons (Fsp3) is 0.538. The maximum atomic E-state index is 10.6. The van der Waals surface area contributed by atoms with Gasteiger partial charge in [0.15, 0.2) is 0 Å². The van der Waals surface area contributed by atoms with Crippen molar-refractivity contribution < 1.29 is 9.84 Å². The predicted octanol–water partition coefficient (Wildman–Crippen LogP) is 1.99. The van der Waals surface area contributed by atoms with E-state index in [1.54, 1.807) is 0 Å². The number of morpholine rings is 1. The average Bonchev–Trinajstić information content (AvgIpc) is 2.34. The van der Waals surface area contributed by atoms with Gasteiger partial charge in [-0.2, -0.15) is 0 Å². The summed E-state index contributed by atoms with van der Waals surface area (Å²) in [4.78, 5) is 2.23. The van der Waals surface area contributed by atoms with E-state index in [0.717, 1.165) is 18.7 Å². The van der Waals surface area contributed by atoms with E-state index in [-0.39, 0.29) is 18.4 Å². The molecule has 1 heterocycles. The van der Waals surface area contributed by atoms with Gasteiger partial charge in [0.1, 0.15) is 0 Å². The Hall–Kier alpha value is -0.610. The van der Waals surface area contributed by atoms with E-state index in [9.17, 15) is 5.11 Å². The van der Waals surface area contributed by atoms with Crippen molar-refractivity contribution in [3.8, 4) is 0 Å². The quantitative estimate of drug-likeness (QED) is 0.880. The lowest BCUT2D eigenvalue weighted by molar-refractivity contribution is -0.274. The first-order valence-corrected chi connectivity index (χ1v) is 5.84.